The summed E-state index contributed by atoms with van der Waals surface area (Å²) in [6.45, 7) is 3.01. The second-order valence-corrected chi connectivity index (χ2v) is 7.88. The molecule has 0 atom stereocenters. The van der Waals surface area contributed by atoms with Crippen molar-refractivity contribution in [2.24, 2.45) is 0 Å². The van der Waals surface area contributed by atoms with Crippen LogP contribution in [-0.2, 0) is 6.42 Å². The summed E-state index contributed by atoms with van der Waals surface area (Å²) in [6.07, 6.45) is 2.24. The van der Waals surface area contributed by atoms with E-state index in [0.29, 0.717) is 35.4 Å². The lowest BCUT2D eigenvalue weighted by molar-refractivity contribution is 0.342. The molecule has 0 aliphatic heterocycles. The highest BCUT2D eigenvalue weighted by Gasteiger charge is 2.18. The molecule has 0 unspecified atom stereocenters. The number of benzene rings is 1. The molecule has 1 aromatic carbocycles. The second-order valence-electron chi connectivity index (χ2n) is 6.82. The van der Waals surface area contributed by atoms with Crippen molar-refractivity contribution >= 4 is 17.2 Å². The number of rotatable bonds is 10. The number of aromatic nitrogens is 4. The standard InChI is InChI=1S/C22H23N5O5S/c1-4-31-17-11-18(33-20(17)21-26-22(28)32-27-21)15-10-19(25-12-24-15)23-8-7-13-5-6-14(29-2)9-16(13)30-3/h5-6,9-12H,4,7-8H2,1-3H3,(H,23,24,25)(H,26,27,28). The average Bonchev–Trinajstić information content (AvgIpc) is 3.46. The van der Waals surface area contributed by atoms with Crippen molar-refractivity contribution in [3.05, 3.63) is 52.8 Å². The monoisotopic (exact) mass is 469 g/mol. The molecule has 2 N–H and O–H groups in total. The van der Waals surface area contributed by atoms with Crippen LogP contribution in [0.2, 0.25) is 0 Å². The molecule has 172 valence electrons. The topological polar surface area (TPSA) is 124 Å². The maximum Gasteiger partial charge on any atom is 0.439 e. The number of anilines is 1. The Hall–Kier alpha value is -3.86. The summed E-state index contributed by atoms with van der Waals surface area (Å²) < 4.78 is 21.1. The van der Waals surface area contributed by atoms with Crippen LogP contribution >= 0.6 is 11.3 Å². The van der Waals surface area contributed by atoms with Crippen LogP contribution < -0.4 is 25.3 Å². The number of hydrogen-bond donors (Lipinski definition) is 2. The van der Waals surface area contributed by atoms with Gasteiger partial charge >= 0.3 is 5.76 Å². The molecule has 11 heteroatoms. The molecule has 0 saturated heterocycles. The zero-order chi connectivity index (χ0) is 23.2. The van der Waals surface area contributed by atoms with Crippen LogP contribution in [0.3, 0.4) is 0 Å². The number of nitrogens with zero attached hydrogens (tertiary/aromatic N) is 3. The predicted octanol–water partition coefficient (Wildman–Crippen LogP) is 3.62. The van der Waals surface area contributed by atoms with Gasteiger partial charge in [-0.05, 0) is 25.0 Å². The Morgan fingerprint density at radius 2 is 2.00 bits per heavy atom. The van der Waals surface area contributed by atoms with E-state index >= 15 is 0 Å². The lowest BCUT2D eigenvalue weighted by Crippen LogP contribution is -2.07. The van der Waals surface area contributed by atoms with Gasteiger partial charge in [-0.25, -0.2) is 14.8 Å². The Bertz CT molecular complexity index is 1280. The van der Waals surface area contributed by atoms with E-state index in [1.54, 1.807) is 14.2 Å². The Balaban J connectivity index is 1.50. The van der Waals surface area contributed by atoms with Crippen LogP contribution in [0.1, 0.15) is 12.5 Å². The molecule has 33 heavy (non-hydrogen) atoms. The van der Waals surface area contributed by atoms with Gasteiger partial charge in [0, 0.05) is 24.7 Å². The van der Waals surface area contributed by atoms with Gasteiger partial charge in [0.05, 0.1) is 31.4 Å². The molecule has 0 spiro atoms. The molecule has 3 aromatic heterocycles. The summed E-state index contributed by atoms with van der Waals surface area (Å²) in [5, 5.41) is 7.10. The Morgan fingerprint density at radius 3 is 2.73 bits per heavy atom. The van der Waals surface area contributed by atoms with Crippen LogP contribution in [0, 0.1) is 0 Å². The minimum Gasteiger partial charge on any atom is -0.497 e. The van der Waals surface area contributed by atoms with Crippen LogP contribution in [0.25, 0.3) is 21.3 Å². The average molecular weight is 470 g/mol. The number of thiophene rings is 1. The third-order valence-corrected chi connectivity index (χ3v) is 5.91. The second kappa shape index (κ2) is 10.2. The first-order valence-electron chi connectivity index (χ1n) is 10.2. The summed E-state index contributed by atoms with van der Waals surface area (Å²) in [5.74, 6) is 2.52. The van der Waals surface area contributed by atoms with Gasteiger partial charge in [-0.2, -0.15) is 0 Å². The van der Waals surface area contributed by atoms with Gasteiger partial charge in [-0.3, -0.25) is 9.51 Å². The fourth-order valence-corrected chi connectivity index (χ4v) is 4.23. The molecule has 0 saturated carbocycles. The zero-order valence-corrected chi connectivity index (χ0v) is 19.2. The third kappa shape index (κ3) is 5.14. The number of H-pyrrole nitrogens is 1. The first kappa shape index (κ1) is 22.3. The smallest absolute Gasteiger partial charge is 0.439 e. The highest BCUT2D eigenvalue weighted by molar-refractivity contribution is 7.19. The van der Waals surface area contributed by atoms with E-state index in [9.17, 15) is 4.79 Å². The van der Waals surface area contributed by atoms with Gasteiger partial charge in [0.25, 0.3) is 0 Å². The molecule has 0 aliphatic carbocycles. The maximum atomic E-state index is 11.4. The highest BCUT2D eigenvalue weighted by Crippen LogP contribution is 2.41. The molecule has 4 rings (SSSR count). The van der Waals surface area contributed by atoms with Crippen molar-refractivity contribution in [3.63, 3.8) is 0 Å². The molecular formula is C22H23N5O5S. The number of ether oxygens (including phenoxy) is 3. The van der Waals surface area contributed by atoms with Gasteiger partial charge in [0.1, 0.15) is 34.3 Å². The van der Waals surface area contributed by atoms with E-state index in [1.165, 1.54) is 17.7 Å². The number of nitrogens with one attached hydrogen (secondary N) is 2. The first-order chi connectivity index (χ1) is 16.1. The molecule has 0 aliphatic rings. The fourth-order valence-electron chi connectivity index (χ4n) is 3.23. The van der Waals surface area contributed by atoms with E-state index in [0.717, 1.165) is 34.1 Å². The molecule has 3 heterocycles. The largest absolute Gasteiger partial charge is 0.497 e. The summed E-state index contributed by atoms with van der Waals surface area (Å²) in [6, 6.07) is 9.49. The minimum atomic E-state index is -0.621. The first-order valence-corrected chi connectivity index (χ1v) is 11.0. The summed E-state index contributed by atoms with van der Waals surface area (Å²) in [7, 11) is 3.27. The van der Waals surface area contributed by atoms with Crippen molar-refractivity contribution in [3.8, 4) is 38.5 Å². The van der Waals surface area contributed by atoms with Crippen LogP contribution in [0.4, 0.5) is 5.82 Å². The van der Waals surface area contributed by atoms with Gasteiger partial charge < -0.3 is 19.5 Å². The van der Waals surface area contributed by atoms with Crippen LogP contribution in [0.15, 0.2) is 46.0 Å². The Labute approximate surface area is 193 Å². The van der Waals surface area contributed by atoms with Crippen molar-refractivity contribution in [2.45, 2.75) is 13.3 Å². The van der Waals surface area contributed by atoms with Crippen molar-refractivity contribution in [1.82, 2.24) is 20.1 Å². The molecule has 0 amide bonds. The molecule has 0 fully saturated rings. The van der Waals surface area contributed by atoms with Crippen molar-refractivity contribution in [1.29, 1.82) is 0 Å². The number of methoxy groups -OCH3 is 2. The number of hydrogen-bond acceptors (Lipinski definition) is 10. The van der Waals surface area contributed by atoms with E-state index in [1.807, 2.05) is 37.3 Å². The third-order valence-electron chi connectivity index (χ3n) is 4.77. The fraction of sp³-hybridized carbons (Fsp3) is 0.273. The SMILES string of the molecule is CCOc1cc(-c2cc(NCCc3ccc(OC)cc3OC)ncn2)sc1-c1noc(=O)[nH]1. The molecule has 4 aromatic rings. The highest BCUT2D eigenvalue weighted by atomic mass is 32.1. The zero-order valence-electron chi connectivity index (χ0n) is 18.4. The minimum absolute atomic E-state index is 0.320. The van der Waals surface area contributed by atoms with Crippen LogP contribution in [-0.4, -0.2) is 47.5 Å². The van der Waals surface area contributed by atoms with Gasteiger partial charge in [0.2, 0.25) is 0 Å². The van der Waals surface area contributed by atoms with Crippen LogP contribution in [0.5, 0.6) is 17.2 Å². The lowest BCUT2D eigenvalue weighted by Gasteiger charge is -2.11. The summed E-state index contributed by atoms with van der Waals surface area (Å²) in [5.41, 5.74) is 1.78. The summed E-state index contributed by atoms with van der Waals surface area (Å²) >= 11 is 1.39. The van der Waals surface area contributed by atoms with E-state index in [-0.39, 0.29) is 0 Å². The quantitative estimate of drug-likeness (QED) is 0.358. The lowest BCUT2D eigenvalue weighted by atomic mass is 10.1. The Morgan fingerprint density at radius 1 is 1.12 bits per heavy atom. The normalized spacial score (nSPS) is 10.8. The van der Waals surface area contributed by atoms with E-state index < -0.39 is 5.76 Å². The molecular weight excluding hydrogens is 446 g/mol. The Kier molecular flexibility index (Phi) is 6.89. The van der Waals surface area contributed by atoms with Gasteiger partial charge in [0.15, 0.2) is 5.82 Å². The number of aromatic amines is 1. The molecule has 0 bridgehead atoms. The molecule has 0 radical (unpaired) electrons. The van der Waals surface area contributed by atoms with E-state index in [2.05, 4.69) is 29.9 Å². The van der Waals surface area contributed by atoms with Gasteiger partial charge in [-0.1, -0.05) is 11.2 Å². The predicted molar refractivity (Wildman–Crippen MR) is 124 cm³/mol. The molecule has 10 nitrogen and oxygen atoms in total. The maximum absolute atomic E-state index is 11.4. The summed E-state index contributed by atoms with van der Waals surface area (Å²) in [4.78, 5) is 24.1. The van der Waals surface area contributed by atoms with Gasteiger partial charge in [-0.15, -0.1) is 11.3 Å². The van der Waals surface area contributed by atoms with Crippen molar-refractivity contribution in [2.75, 3.05) is 32.7 Å². The van der Waals surface area contributed by atoms with E-state index in [4.69, 9.17) is 14.2 Å². The van der Waals surface area contributed by atoms with Crippen molar-refractivity contribution < 1.29 is 18.7 Å².